The number of halogens is 1. The average Bonchev–Trinajstić information content (AvgIpc) is 2.96. The number of hydrogen-bond acceptors (Lipinski definition) is 5. The van der Waals surface area contributed by atoms with Crippen molar-refractivity contribution in [3.8, 4) is 5.75 Å². The van der Waals surface area contributed by atoms with Crippen LogP contribution in [-0.4, -0.2) is 32.1 Å². The van der Waals surface area contributed by atoms with Crippen LogP contribution in [-0.2, 0) is 16.1 Å². The third-order valence-electron chi connectivity index (χ3n) is 4.32. The maximum absolute atomic E-state index is 12.0. The lowest BCUT2D eigenvalue weighted by Crippen LogP contribution is -2.31. The topological polar surface area (TPSA) is 90.7 Å². The maximum Gasteiger partial charge on any atom is 0.341 e. The Balaban J connectivity index is 0.00000288. The fourth-order valence-corrected chi connectivity index (χ4v) is 2.96. The van der Waals surface area contributed by atoms with E-state index in [9.17, 15) is 9.59 Å². The van der Waals surface area contributed by atoms with Crippen LogP contribution in [0.3, 0.4) is 0 Å². The number of esters is 1. The summed E-state index contributed by atoms with van der Waals surface area (Å²) < 4.78 is 9.89. The Morgan fingerprint density at radius 3 is 2.62 bits per heavy atom. The molecule has 1 aromatic carbocycles. The van der Waals surface area contributed by atoms with Gasteiger partial charge in [0, 0.05) is 19.0 Å². The Hall–Kier alpha value is -1.79. The summed E-state index contributed by atoms with van der Waals surface area (Å²) in [5, 5.41) is 2.88. The molecule has 1 fully saturated rings. The summed E-state index contributed by atoms with van der Waals surface area (Å²) in [6.07, 6.45) is 3.57. The minimum Gasteiger partial charge on any atom is -0.496 e. The third-order valence-corrected chi connectivity index (χ3v) is 4.32. The van der Waals surface area contributed by atoms with E-state index in [-0.39, 0.29) is 30.3 Å². The largest absolute Gasteiger partial charge is 0.496 e. The summed E-state index contributed by atoms with van der Waals surface area (Å²) in [6, 6.07) is 5.31. The van der Waals surface area contributed by atoms with Crippen LogP contribution in [0.5, 0.6) is 5.75 Å². The monoisotopic (exact) mass is 356 g/mol. The van der Waals surface area contributed by atoms with Gasteiger partial charge in [-0.3, -0.25) is 4.79 Å². The second-order valence-electron chi connectivity index (χ2n) is 5.86. The fraction of sp³-hybridized carbons (Fsp3) is 0.529. The van der Waals surface area contributed by atoms with Gasteiger partial charge in [0.2, 0.25) is 5.91 Å². The molecule has 2 atom stereocenters. The van der Waals surface area contributed by atoms with Crippen LogP contribution < -0.4 is 15.8 Å². The number of nitrogens with one attached hydrogen (secondary N) is 1. The average molecular weight is 357 g/mol. The zero-order chi connectivity index (χ0) is 16.8. The molecule has 0 unspecified atom stereocenters. The van der Waals surface area contributed by atoms with Crippen LogP contribution in [0.1, 0.15) is 41.6 Å². The molecule has 0 aliphatic heterocycles. The summed E-state index contributed by atoms with van der Waals surface area (Å²) in [4.78, 5) is 23.8. The molecule has 0 aromatic heterocycles. The van der Waals surface area contributed by atoms with Gasteiger partial charge < -0.3 is 20.5 Å². The van der Waals surface area contributed by atoms with Crippen LogP contribution in [0.25, 0.3) is 0 Å². The Kier molecular flexibility index (Phi) is 8.01. The summed E-state index contributed by atoms with van der Waals surface area (Å²) in [7, 11) is 2.81. The molecule has 0 bridgehead atoms. The Labute approximate surface area is 148 Å². The number of ether oxygens (including phenoxy) is 2. The van der Waals surface area contributed by atoms with Gasteiger partial charge in [-0.15, -0.1) is 12.4 Å². The van der Waals surface area contributed by atoms with Crippen LogP contribution in [0.2, 0.25) is 0 Å². The maximum atomic E-state index is 12.0. The van der Waals surface area contributed by atoms with Crippen molar-refractivity contribution in [2.24, 2.45) is 11.7 Å². The van der Waals surface area contributed by atoms with Crippen molar-refractivity contribution in [3.63, 3.8) is 0 Å². The molecule has 3 N–H and O–H groups in total. The summed E-state index contributed by atoms with van der Waals surface area (Å²) in [6.45, 7) is 0.356. The van der Waals surface area contributed by atoms with Crippen molar-refractivity contribution < 1.29 is 19.1 Å². The number of rotatable bonds is 6. The molecule has 1 aliphatic carbocycles. The van der Waals surface area contributed by atoms with E-state index < -0.39 is 5.97 Å². The number of carbonyl (C=O) groups is 2. The minimum atomic E-state index is -0.466. The molecule has 1 saturated carbocycles. The van der Waals surface area contributed by atoms with Gasteiger partial charge in [-0.2, -0.15) is 0 Å². The van der Waals surface area contributed by atoms with Crippen molar-refractivity contribution >= 4 is 24.3 Å². The van der Waals surface area contributed by atoms with Gasteiger partial charge >= 0.3 is 5.97 Å². The highest BCUT2D eigenvalue weighted by Crippen LogP contribution is 2.26. The van der Waals surface area contributed by atoms with Gasteiger partial charge in [0.15, 0.2) is 0 Å². The van der Waals surface area contributed by atoms with E-state index in [1.54, 1.807) is 12.1 Å². The molecule has 0 saturated heterocycles. The van der Waals surface area contributed by atoms with Crippen LogP contribution in [0.4, 0.5) is 0 Å². The van der Waals surface area contributed by atoms with E-state index in [1.807, 2.05) is 6.07 Å². The summed E-state index contributed by atoms with van der Waals surface area (Å²) in [5.74, 6) is 0.245. The Morgan fingerprint density at radius 2 is 2.04 bits per heavy atom. The van der Waals surface area contributed by atoms with E-state index in [0.717, 1.165) is 24.8 Å². The highest BCUT2D eigenvalue weighted by Gasteiger charge is 2.25. The van der Waals surface area contributed by atoms with Gasteiger partial charge in [-0.25, -0.2) is 4.79 Å². The minimum absolute atomic E-state index is 0. The highest BCUT2D eigenvalue weighted by molar-refractivity contribution is 5.92. The van der Waals surface area contributed by atoms with Crippen molar-refractivity contribution in [2.75, 3.05) is 14.2 Å². The lowest BCUT2D eigenvalue weighted by Gasteiger charge is -2.15. The molecule has 2 rings (SSSR count). The standard InChI is InChI=1S/C17H24N2O4.ClH/c1-22-15-7-6-11(8-13(15)17(21)23-2)10-19-16(20)9-12-4-3-5-14(12)18;/h6-8,12,14H,3-5,9-10,18H2,1-2H3,(H,19,20);1H/t12-,14+;/m0./s1. The number of benzene rings is 1. The summed E-state index contributed by atoms with van der Waals surface area (Å²) in [5.41, 5.74) is 7.15. The first-order chi connectivity index (χ1) is 11.0. The first-order valence-corrected chi connectivity index (χ1v) is 7.82. The molecule has 134 valence electrons. The quantitative estimate of drug-likeness (QED) is 0.761. The van der Waals surface area contributed by atoms with Crippen molar-refractivity contribution in [2.45, 2.75) is 38.3 Å². The lowest BCUT2D eigenvalue weighted by atomic mass is 10.00. The molecular formula is C17H25ClN2O4. The molecular weight excluding hydrogens is 332 g/mol. The second kappa shape index (κ2) is 9.49. The van der Waals surface area contributed by atoms with Crippen LogP contribution >= 0.6 is 12.4 Å². The molecule has 1 aromatic rings. The predicted molar refractivity (Wildman–Crippen MR) is 93.4 cm³/mol. The molecule has 1 aliphatic rings. The van der Waals surface area contributed by atoms with E-state index >= 15 is 0 Å². The Bertz CT molecular complexity index is 580. The van der Waals surface area contributed by atoms with Crippen LogP contribution in [0, 0.1) is 5.92 Å². The molecule has 24 heavy (non-hydrogen) atoms. The van der Waals surface area contributed by atoms with Crippen molar-refractivity contribution in [1.82, 2.24) is 5.32 Å². The SMILES string of the molecule is COC(=O)c1cc(CNC(=O)C[C@@H]2CCC[C@H]2N)ccc1OC.Cl. The van der Waals surface area contributed by atoms with Gasteiger partial charge in [-0.1, -0.05) is 12.5 Å². The van der Waals surface area contributed by atoms with E-state index in [4.69, 9.17) is 15.2 Å². The highest BCUT2D eigenvalue weighted by atomic mass is 35.5. The molecule has 7 heteroatoms. The predicted octanol–water partition coefficient (Wildman–Crippen LogP) is 2.04. The normalized spacial score (nSPS) is 19.3. The lowest BCUT2D eigenvalue weighted by molar-refractivity contribution is -0.122. The zero-order valence-electron chi connectivity index (χ0n) is 14.0. The second-order valence-corrected chi connectivity index (χ2v) is 5.86. The number of amides is 1. The van der Waals surface area contributed by atoms with Crippen molar-refractivity contribution in [1.29, 1.82) is 0 Å². The van der Waals surface area contributed by atoms with Gasteiger partial charge in [0.1, 0.15) is 11.3 Å². The van der Waals surface area contributed by atoms with E-state index in [1.165, 1.54) is 14.2 Å². The smallest absolute Gasteiger partial charge is 0.341 e. The van der Waals surface area contributed by atoms with Crippen molar-refractivity contribution in [3.05, 3.63) is 29.3 Å². The van der Waals surface area contributed by atoms with E-state index in [0.29, 0.717) is 24.3 Å². The fourth-order valence-electron chi connectivity index (χ4n) is 2.96. The molecule has 1 amide bonds. The number of nitrogens with two attached hydrogens (primary N) is 1. The zero-order valence-corrected chi connectivity index (χ0v) is 14.9. The number of hydrogen-bond donors (Lipinski definition) is 2. The number of carbonyl (C=O) groups excluding carboxylic acids is 2. The summed E-state index contributed by atoms with van der Waals surface area (Å²) >= 11 is 0. The third kappa shape index (κ3) is 5.11. The van der Waals surface area contributed by atoms with Gasteiger partial charge in [-0.05, 0) is 36.5 Å². The molecule has 0 spiro atoms. The van der Waals surface area contributed by atoms with Gasteiger partial charge in [0.25, 0.3) is 0 Å². The Morgan fingerprint density at radius 1 is 1.29 bits per heavy atom. The first-order valence-electron chi connectivity index (χ1n) is 7.82. The molecule has 6 nitrogen and oxygen atoms in total. The molecule has 0 radical (unpaired) electrons. The number of methoxy groups -OCH3 is 2. The molecule has 0 heterocycles. The van der Waals surface area contributed by atoms with E-state index in [2.05, 4.69) is 5.32 Å². The van der Waals surface area contributed by atoms with Gasteiger partial charge in [0.05, 0.1) is 14.2 Å². The first kappa shape index (κ1) is 20.3. The van der Waals surface area contributed by atoms with Crippen LogP contribution in [0.15, 0.2) is 18.2 Å².